The number of halogens is 3. The molecule has 1 unspecified atom stereocenters. The van der Waals surface area contributed by atoms with Crippen LogP contribution in [0.4, 0.5) is 13.2 Å². The third kappa shape index (κ3) is 4.08. The fraction of sp³-hybridized carbons (Fsp3) is 0.296. The van der Waals surface area contributed by atoms with Gasteiger partial charge in [0.15, 0.2) is 5.82 Å². The number of fused-ring (bicyclic) bond motifs is 5. The second-order valence-corrected chi connectivity index (χ2v) is 11.3. The molecule has 4 aromatic rings. The summed E-state index contributed by atoms with van der Waals surface area (Å²) >= 11 is 3.36. The van der Waals surface area contributed by atoms with Crippen LogP contribution in [0, 0.1) is 6.92 Å². The van der Waals surface area contributed by atoms with Crippen molar-refractivity contribution in [1.82, 2.24) is 14.8 Å². The van der Waals surface area contributed by atoms with E-state index < -0.39 is 11.7 Å². The van der Waals surface area contributed by atoms with Crippen molar-refractivity contribution in [3.63, 3.8) is 0 Å². The molecule has 0 bridgehead atoms. The second-order valence-electron chi connectivity index (χ2n) is 9.14. The first kappa shape index (κ1) is 23.5. The Morgan fingerprint density at radius 1 is 1.03 bits per heavy atom. The van der Waals surface area contributed by atoms with E-state index in [1.54, 1.807) is 0 Å². The van der Waals surface area contributed by atoms with Crippen molar-refractivity contribution in [3.05, 3.63) is 92.9 Å². The number of aliphatic imine (C=N–C) groups is 1. The monoisotopic (exact) mass is 524 g/mol. The van der Waals surface area contributed by atoms with Crippen molar-refractivity contribution < 1.29 is 13.2 Å². The second kappa shape index (κ2) is 8.88. The maximum absolute atomic E-state index is 12.8. The van der Waals surface area contributed by atoms with Crippen LogP contribution in [0.15, 0.2) is 58.4 Å². The smallest absolute Gasteiger partial charge is 0.273 e. The van der Waals surface area contributed by atoms with E-state index in [4.69, 9.17) is 4.99 Å². The van der Waals surface area contributed by atoms with Gasteiger partial charge in [0.25, 0.3) is 0 Å². The molecule has 4 nitrogen and oxygen atoms in total. The van der Waals surface area contributed by atoms with E-state index in [0.717, 1.165) is 58.4 Å². The highest BCUT2D eigenvalue weighted by Crippen LogP contribution is 2.42. The van der Waals surface area contributed by atoms with E-state index in [2.05, 4.69) is 46.0 Å². The fourth-order valence-corrected chi connectivity index (χ4v) is 7.19. The predicted octanol–water partition coefficient (Wildman–Crippen LogP) is 7.35. The van der Waals surface area contributed by atoms with Crippen LogP contribution >= 0.6 is 23.1 Å². The van der Waals surface area contributed by atoms with Crippen molar-refractivity contribution in [2.24, 2.45) is 4.99 Å². The normalized spacial score (nSPS) is 16.8. The predicted molar refractivity (Wildman–Crippen MR) is 137 cm³/mol. The summed E-state index contributed by atoms with van der Waals surface area (Å²) in [5.74, 6) is 2.42. The van der Waals surface area contributed by atoms with Gasteiger partial charge in [-0.2, -0.15) is 13.2 Å². The van der Waals surface area contributed by atoms with E-state index in [1.165, 1.54) is 51.3 Å². The summed E-state index contributed by atoms with van der Waals surface area (Å²) in [5.41, 5.74) is 5.17. The summed E-state index contributed by atoms with van der Waals surface area (Å²) < 4.78 is 40.6. The van der Waals surface area contributed by atoms with Gasteiger partial charge < -0.3 is 0 Å². The molecule has 6 rings (SSSR count). The molecule has 1 aliphatic carbocycles. The van der Waals surface area contributed by atoms with Crippen molar-refractivity contribution in [2.45, 2.75) is 56.0 Å². The molecule has 184 valence electrons. The molecule has 0 amide bonds. The highest BCUT2D eigenvalue weighted by atomic mass is 32.2. The largest absolute Gasteiger partial charge is 0.416 e. The third-order valence-corrected chi connectivity index (χ3v) is 9.06. The first-order chi connectivity index (χ1) is 17.3. The van der Waals surface area contributed by atoms with Crippen LogP contribution in [0.2, 0.25) is 0 Å². The van der Waals surface area contributed by atoms with Crippen LogP contribution in [-0.4, -0.2) is 20.5 Å². The standard InChI is InChI=1S/C27H23F3N4S2/c1-15-25-33-32-16(2)34(25)26-23(21-4-3-5-22(21)36-26)24(31-15)18-8-6-17(7-9-18)14-35-20-12-10-19(11-13-20)27(28,29)30/h6-13,15H,3-5,14H2,1-2H3. The first-order valence-corrected chi connectivity index (χ1v) is 13.6. The Morgan fingerprint density at radius 3 is 2.50 bits per heavy atom. The Balaban J connectivity index is 1.28. The number of hydrogen-bond donors (Lipinski definition) is 0. The maximum atomic E-state index is 12.8. The molecule has 0 saturated carbocycles. The zero-order valence-corrected chi connectivity index (χ0v) is 21.4. The van der Waals surface area contributed by atoms with Gasteiger partial charge in [0.2, 0.25) is 0 Å². The fourth-order valence-electron chi connectivity index (χ4n) is 4.89. The van der Waals surface area contributed by atoms with E-state index in [-0.39, 0.29) is 6.04 Å². The average molecular weight is 525 g/mol. The number of thioether (sulfide) groups is 1. The summed E-state index contributed by atoms with van der Waals surface area (Å²) in [6.45, 7) is 4.05. The number of aromatic nitrogens is 3. The number of rotatable bonds is 4. The molecule has 2 aliphatic rings. The van der Waals surface area contributed by atoms with Gasteiger partial charge in [-0.3, -0.25) is 9.56 Å². The molecule has 1 atom stereocenters. The Morgan fingerprint density at radius 2 is 1.78 bits per heavy atom. The zero-order chi connectivity index (χ0) is 25.0. The van der Waals surface area contributed by atoms with Gasteiger partial charge >= 0.3 is 6.18 Å². The Hall–Kier alpha value is -2.91. The maximum Gasteiger partial charge on any atom is 0.416 e. The van der Waals surface area contributed by atoms with Gasteiger partial charge in [0, 0.05) is 26.7 Å². The van der Waals surface area contributed by atoms with Gasteiger partial charge in [-0.25, -0.2) is 0 Å². The van der Waals surface area contributed by atoms with Gasteiger partial charge in [-0.15, -0.1) is 33.3 Å². The zero-order valence-electron chi connectivity index (χ0n) is 19.8. The van der Waals surface area contributed by atoms with Crippen molar-refractivity contribution >= 4 is 28.8 Å². The van der Waals surface area contributed by atoms with Gasteiger partial charge in [-0.1, -0.05) is 24.3 Å². The lowest BCUT2D eigenvalue weighted by Crippen LogP contribution is -2.08. The Kier molecular flexibility index (Phi) is 5.80. The minimum atomic E-state index is -4.31. The van der Waals surface area contributed by atoms with Gasteiger partial charge in [0.1, 0.15) is 16.9 Å². The molecule has 9 heteroatoms. The SMILES string of the molecule is Cc1nnc2n1-c1sc3c(c1C(c1ccc(CSc4ccc(C(F)(F)F)cc4)cc1)=NC2C)CCC3. The highest BCUT2D eigenvalue weighted by molar-refractivity contribution is 7.98. The highest BCUT2D eigenvalue weighted by Gasteiger charge is 2.33. The minimum absolute atomic E-state index is 0.118. The van der Waals surface area contributed by atoms with Crippen LogP contribution in [-0.2, 0) is 24.8 Å². The molecule has 0 saturated heterocycles. The minimum Gasteiger partial charge on any atom is -0.273 e. The van der Waals surface area contributed by atoms with Gasteiger partial charge in [0.05, 0.1) is 11.3 Å². The molecule has 0 fully saturated rings. The number of alkyl halides is 3. The van der Waals surface area contributed by atoms with E-state index >= 15 is 0 Å². The molecule has 0 radical (unpaired) electrons. The first-order valence-electron chi connectivity index (χ1n) is 11.8. The van der Waals surface area contributed by atoms with Crippen molar-refractivity contribution in [1.29, 1.82) is 0 Å². The third-order valence-electron chi connectivity index (χ3n) is 6.70. The number of benzene rings is 2. The number of nitrogens with zero attached hydrogens (tertiary/aromatic N) is 4. The van der Waals surface area contributed by atoms with Crippen LogP contribution in [0.5, 0.6) is 0 Å². The number of hydrogen-bond acceptors (Lipinski definition) is 5. The Labute approximate surface area is 215 Å². The average Bonchev–Trinajstić information content (AvgIpc) is 3.54. The quantitative estimate of drug-likeness (QED) is 0.262. The van der Waals surface area contributed by atoms with Crippen LogP contribution in [0.25, 0.3) is 5.00 Å². The molecule has 2 aromatic heterocycles. The summed E-state index contributed by atoms with van der Waals surface area (Å²) in [6.07, 6.45) is -0.974. The van der Waals surface area contributed by atoms with Gasteiger partial charge in [-0.05, 0) is 68.5 Å². The molecule has 0 N–H and O–H groups in total. The van der Waals surface area contributed by atoms with E-state index in [9.17, 15) is 13.2 Å². The molecule has 2 aromatic carbocycles. The molecular formula is C27H23F3N4S2. The molecule has 0 spiro atoms. The lowest BCUT2D eigenvalue weighted by Gasteiger charge is -2.11. The number of aryl methyl sites for hydroxylation is 2. The van der Waals surface area contributed by atoms with Crippen LogP contribution in [0.3, 0.4) is 0 Å². The summed E-state index contributed by atoms with van der Waals surface area (Å²) in [7, 11) is 0. The van der Waals surface area contributed by atoms with E-state index in [0.29, 0.717) is 5.75 Å². The van der Waals surface area contributed by atoms with Crippen LogP contribution in [0.1, 0.15) is 63.7 Å². The summed E-state index contributed by atoms with van der Waals surface area (Å²) in [4.78, 5) is 7.39. The number of thiophene rings is 1. The van der Waals surface area contributed by atoms with Crippen molar-refractivity contribution in [3.8, 4) is 5.00 Å². The molecule has 3 heterocycles. The van der Waals surface area contributed by atoms with E-state index in [1.807, 2.05) is 18.3 Å². The lowest BCUT2D eigenvalue weighted by molar-refractivity contribution is -0.137. The Bertz CT molecular complexity index is 1460. The van der Waals surface area contributed by atoms with Crippen molar-refractivity contribution in [2.75, 3.05) is 0 Å². The molecule has 36 heavy (non-hydrogen) atoms. The molecular weight excluding hydrogens is 501 g/mol. The van der Waals surface area contributed by atoms with Crippen LogP contribution < -0.4 is 0 Å². The summed E-state index contributed by atoms with van der Waals surface area (Å²) in [5, 5.41) is 9.95. The lowest BCUT2D eigenvalue weighted by atomic mass is 9.98. The molecule has 1 aliphatic heterocycles. The topological polar surface area (TPSA) is 43.1 Å². The summed E-state index contributed by atoms with van der Waals surface area (Å²) in [6, 6.07) is 13.6.